The van der Waals surface area contributed by atoms with E-state index in [9.17, 15) is 8.42 Å². The largest absolute Gasteiger partial charge is 0.497 e. The summed E-state index contributed by atoms with van der Waals surface area (Å²) < 4.78 is 38.6. The minimum atomic E-state index is -3.49. The van der Waals surface area contributed by atoms with Gasteiger partial charge in [-0.15, -0.1) is 11.3 Å². The Labute approximate surface area is 152 Å². The van der Waals surface area contributed by atoms with Gasteiger partial charge in [-0.2, -0.15) is 0 Å². The van der Waals surface area contributed by atoms with Gasteiger partial charge in [0.05, 0.1) is 20.3 Å². The first-order valence-corrected chi connectivity index (χ1v) is 10.5. The van der Waals surface area contributed by atoms with Crippen LogP contribution in [-0.4, -0.2) is 53.3 Å². The second-order valence-corrected chi connectivity index (χ2v) is 8.66. The molecule has 2 aromatic rings. The second-order valence-electron chi connectivity index (χ2n) is 5.72. The lowest BCUT2D eigenvalue weighted by Crippen LogP contribution is -2.43. The first-order valence-electron chi connectivity index (χ1n) is 8.09. The molecule has 6 nitrogen and oxygen atoms in total. The van der Waals surface area contributed by atoms with Crippen LogP contribution in [0.3, 0.4) is 0 Å². The van der Waals surface area contributed by atoms with Crippen LogP contribution in [-0.2, 0) is 14.8 Å². The number of thiophene rings is 1. The zero-order valence-electron chi connectivity index (χ0n) is 14.1. The number of ether oxygens (including phenoxy) is 2. The van der Waals surface area contributed by atoms with Crippen molar-refractivity contribution in [3.05, 3.63) is 47.3 Å². The summed E-state index contributed by atoms with van der Waals surface area (Å²) in [6, 6.07) is 11.1. The van der Waals surface area contributed by atoms with E-state index in [2.05, 4.69) is 9.62 Å². The van der Waals surface area contributed by atoms with Crippen LogP contribution >= 0.6 is 11.3 Å². The quantitative estimate of drug-likeness (QED) is 0.794. The summed E-state index contributed by atoms with van der Waals surface area (Å²) in [5, 5.41) is 1.76. The van der Waals surface area contributed by atoms with Crippen molar-refractivity contribution in [2.24, 2.45) is 0 Å². The molecule has 0 aliphatic carbocycles. The van der Waals surface area contributed by atoms with E-state index in [1.165, 1.54) is 11.3 Å². The third-order valence-corrected chi connectivity index (χ3v) is 7.03. The van der Waals surface area contributed by atoms with Crippen molar-refractivity contribution in [1.82, 2.24) is 9.62 Å². The summed E-state index contributed by atoms with van der Waals surface area (Å²) in [7, 11) is -1.86. The zero-order valence-corrected chi connectivity index (χ0v) is 15.7. The number of morpholine rings is 1. The van der Waals surface area contributed by atoms with Gasteiger partial charge in [-0.3, -0.25) is 4.90 Å². The van der Waals surface area contributed by atoms with E-state index in [1.54, 1.807) is 24.6 Å². The maximum atomic E-state index is 12.4. The van der Waals surface area contributed by atoms with E-state index in [0.29, 0.717) is 24.0 Å². The number of nitrogens with zero attached hydrogens (tertiary/aromatic N) is 1. The number of benzene rings is 1. The predicted molar refractivity (Wildman–Crippen MR) is 97.6 cm³/mol. The van der Waals surface area contributed by atoms with Crippen molar-refractivity contribution < 1.29 is 17.9 Å². The Morgan fingerprint density at radius 3 is 2.56 bits per heavy atom. The molecule has 25 heavy (non-hydrogen) atoms. The molecule has 1 aromatic carbocycles. The van der Waals surface area contributed by atoms with E-state index in [1.807, 2.05) is 24.3 Å². The summed E-state index contributed by atoms with van der Waals surface area (Å²) in [4.78, 5) is 2.25. The fraction of sp³-hybridized carbons (Fsp3) is 0.412. The minimum absolute atomic E-state index is 0.0513. The maximum absolute atomic E-state index is 12.4. The van der Waals surface area contributed by atoms with Crippen LogP contribution in [0.2, 0.25) is 0 Å². The van der Waals surface area contributed by atoms with Gasteiger partial charge in [-0.25, -0.2) is 13.1 Å². The third kappa shape index (κ3) is 4.59. The van der Waals surface area contributed by atoms with Gasteiger partial charge in [0, 0.05) is 25.7 Å². The van der Waals surface area contributed by atoms with Gasteiger partial charge in [-0.05, 0) is 29.1 Å². The molecular weight excluding hydrogens is 360 g/mol. The van der Waals surface area contributed by atoms with Crippen LogP contribution in [0, 0.1) is 0 Å². The summed E-state index contributed by atoms with van der Waals surface area (Å²) in [5.74, 6) is 0.781. The number of methoxy groups -OCH3 is 1. The third-order valence-electron chi connectivity index (χ3n) is 4.21. The van der Waals surface area contributed by atoms with E-state index in [-0.39, 0.29) is 6.04 Å². The van der Waals surface area contributed by atoms with Gasteiger partial charge in [0.2, 0.25) is 10.0 Å². The summed E-state index contributed by atoms with van der Waals surface area (Å²) in [6.45, 7) is 3.18. The lowest BCUT2D eigenvalue weighted by molar-refractivity contribution is 0.0172. The topological polar surface area (TPSA) is 67.9 Å². The Balaban J connectivity index is 1.78. The monoisotopic (exact) mass is 382 g/mol. The van der Waals surface area contributed by atoms with Gasteiger partial charge in [0.1, 0.15) is 9.96 Å². The van der Waals surface area contributed by atoms with Crippen molar-refractivity contribution >= 4 is 21.4 Å². The molecule has 3 rings (SSSR count). The van der Waals surface area contributed by atoms with Crippen molar-refractivity contribution in [3.8, 4) is 5.75 Å². The molecule has 1 aliphatic rings. The predicted octanol–water partition coefficient (Wildman–Crippen LogP) is 2.11. The highest BCUT2D eigenvalue weighted by Crippen LogP contribution is 2.25. The van der Waals surface area contributed by atoms with E-state index < -0.39 is 10.0 Å². The molecule has 1 fully saturated rings. The molecule has 0 amide bonds. The van der Waals surface area contributed by atoms with Crippen LogP contribution in [0.5, 0.6) is 5.75 Å². The van der Waals surface area contributed by atoms with Crippen molar-refractivity contribution in [3.63, 3.8) is 0 Å². The van der Waals surface area contributed by atoms with E-state index in [0.717, 1.165) is 24.4 Å². The second kappa shape index (κ2) is 8.29. The van der Waals surface area contributed by atoms with Crippen molar-refractivity contribution in [2.45, 2.75) is 10.3 Å². The van der Waals surface area contributed by atoms with Gasteiger partial charge >= 0.3 is 0 Å². The average Bonchev–Trinajstić information content (AvgIpc) is 3.19. The van der Waals surface area contributed by atoms with Gasteiger partial charge < -0.3 is 9.47 Å². The molecule has 136 valence electrons. The van der Waals surface area contributed by atoms with Crippen LogP contribution in [0.4, 0.5) is 0 Å². The molecule has 1 aromatic heterocycles. The SMILES string of the molecule is COc1ccc([C@H](CNS(=O)(=O)c2cccs2)N2CCOCC2)cc1. The Bertz CT molecular complexity index is 754. The number of sulfonamides is 1. The summed E-state index contributed by atoms with van der Waals surface area (Å²) in [5.41, 5.74) is 1.05. The van der Waals surface area contributed by atoms with Crippen molar-refractivity contribution in [2.75, 3.05) is 40.0 Å². The van der Waals surface area contributed by atoms with Gasteiger partial charge in [-0.1, -0.05) is 18.2 Å². The highest BCUT2D eigenvalue weighted by molar-refractivity contribution is 7.91. The van der Waals surface area contributed by atoms with Crippen LogP contribution in [0.25, 0.3) is 0 Å². The lowest BCUT2D eigenvalue weighted by Gasteiger charge is -2.34. The molecule has 8 heteroatoms. The van der Waals surface area contributed by atoms with Crippen molar-refractivity contribution in [1.29, 1.82) is 0 Å². The van der Waals surface area contributed by atoms with Crippen LogP contribution < -0.4 is 9.46 Å². The molecule has 1 atom stereocenters. The number of hydrogen-bond donors (Lipinski definition) is 1. The zero-order chi connectivity index (χ0) is 17.7. The van der Waals surface area contributed by atoms with Gasteiger partial charge in [0.25, 0.3) is 0 Å². The molecule has 0 radical (unpaired) electrons. The number of rotatable bonds is 7. The van der Waals surface area contributed by atoms with Gasteiger partial charge in [0.15, 0.2) is 0 Å². The smallest absolute Gasteiger partial charge is 0.250 e. The molecule has 0 spiro atoms. The molecule has 0 unspecified atom stereocenters. The summed E-state index contributed by atoms with van der Waals surface area (Å²) in [6.07, 6.45) is 0. The number of nitrogens with one attached hydrogen (secondary N) is 1. The van der Waals surface area contributed by atoms with E-state index in [4.69, 9.17) is 9.47 Å². The summed E-state index contributed by atoms with van der Waals surface area (Å²) >= 11 is 1.22. The lowest BCUT2D eigenvalue weighted by atomic mass is 10.0. The van der Waals surface area contributed by atoms with Crippen LogP contribution in [0.1, 0.15) is 11.6 Å². The molecule has 2 heterocycles. The highest BCUT2D eigenvalue weighted by Gasteiger charge is 2.25. The standard InChI is InChI=1S/C17H22N2O4S2/c1-22-15-6-4-14(5-7-15)16(19-8-10-23-11-9-19)13-18-25(20,21)17-3-2-12-24-17/h2-7,12,16,18H,8-11,13H2,1H3/t16-/m0/s1. The Morgan fingerprint density at radius 1 is 1.24 bits per heavy atom. The minimum Gasteiger partial charge on any atom is -0.497 e. The first kappa shape index (κ1) is 18.3. The fourth-order valence-electron chi connectivity index (χ4n) is 2.85. The molecular formula is C17H22N2O4S2. The average molecular weight is 383 g/mol. The Hall–Kier alpha value is -1.45. The first-order chi connectivity index (χ1) is 12.1. The molecule has 1 saturated heterocycles. The molecule has 1 N–H and O–H groups in total. The maximum Gasteiger partial charge on any atom is 0.250 e. The fourth-order valence-corrected chi connectivity index (χ4v) is 4.92. The van der Waals surface area contributed by atoms with Crippen LogP contribution in [0.15, 0.2) is 46.0 Å². The Kier molecular flexibility index (Phi) is 6.08. The van der Waals surface area contributed by atoms with E-state index >= 15 is 0 Å². The molecule has 0 bridgehead atoms. The highest BCUT2D eigenvalue weighted by atomic mass is 32.2. The molecule has 1 aliphatic heterocycles. The normalized spacial score (nSPS) is 17.3. The molecule has 0 saturated carbocycles. The Morgan fingerprint density at radius 2 is 1.96 bits per heavy atom. The number of hydrogen-bond acceptors (Lipinski definition) is 6.